The summed E-state index contributed by atoms with van der Waals surface area (Å²) in [6, 6.07) is 14.6. The van der Waals surface area contributed by atoms with Gasteiger partial charge in [0.2, 0.25) is 5.13 Å². The lowest BCUT2D eigenvalue weighted by molar-refractivity contribution is 0.102. The molecule has 0 radical (unpaired) electrons. The number of anilines is 1. The summed E-state index contributed by atoms with van der Waals surface area (Å²) in [6.45, 7) is 2.04. The second-order valence-electron chi connectivity index (χ2n) is 6.77. The third kappa shape index (κ3) is 6.29. The van der Waals surface area contributed by atoms with Crippen molar-refractivity contribution < 1.29 is 9.18 Å². The Balaban J connectivity index is 1.38. The van der Waals surface area contributed by atoms with Gasteiger partial charge in [0.05, 0.1) is 11.2 Å². The standard InChI is InChI=1S/C22H17ClFN5OS3/c1-13-6-2-3-7-14(13)11-31-20-25-10-16(23)18(26-20)19(30)27-21-28-29-22(33-21)32-12-15-8-4-5-9-17(15)24/h2-10H,11-12H2,1H3,(H,27,28,30). The van der Waals surface area contributed by atoms with E-state index >= 15 is 0 Å². The summed E-state index contributed by atoms with van der Waals surface area (Å²) >= 11 is 10.1. The van der Waals surface area contributed by atoms with Crippen LogP contribution < -0.4 is 5.32 Å². The lowest BCUT2D eigenvalue weighted by Gasteiger charge is -2.07. The van der Waals surface area contributed by atoms with Crippen LogP contribution in [0.15, 0.2) is 64.2 Å². The third-order valence-electron chi connectivity index (χ3n) is 4.49. The minimum atomic E-state index is -0.498. The van der Waals surface area contributed by atoms with E-state index in [-0.39, 0.29) is 16.5 Å². The highest BCUT2D eigenvalue weighted by atomic mass is 35.5. The van der Waals surface area contributed by atoms with Crippen molar-refractivity contribution in [1.29, 1.82) is 0 Å². The van der Waals surface area contributed by atoms with Gasteiger partial charge in [0.25, 0.3) is 5.91 Å². The van der Waals surface area contributed by atoms with Crippen molar-refractivity contribution in [3.63, 3.8) is 0 Å². The van der Waals surface area contributed by atoms with Crippen LogP contribution in [0.2, 0.25) is 5.02 Å². The first-order valence-corrected chi connectivity index (χ1v) is 12.9. The number of benzene rings is 2. The number of thioether (sulfide) groups is 2. The Bertz CT molecular complexity index is 1290. The van der Waals surface area contributed by atoms with Crippen LogP contribution in [0.3, 0.4) is 0 Å². The van der Waals surface area contributed by atoms with E-state index in [9.17, 15) is 9.18 Å². The van der Waals surface area contributed by atoms with Gasteiger partial charge in [0.15, 0.2) is 15.2 Å². The van der Waals surface area contributed by atoms with Crippen molar-refractivity contribution in [3.05, 3.63) is 88.0 Å². The Labute approximate surface area is 207 Å². The molecule has 0 saturated carbocycles. The second kappa shape index (κ2) is 11.1. The Morgan fingerprint density at radius 3 is 2.58 bits per heavy atom. The molecule has 0 saturated heterocycles. The fourth-order valence-corrected chi connectivity index (χ4v) is 5.53. The van der Waals surface area contributed by atoms with Crippen molar-refractivity contribution in [2.75, 3.05) is 5.32 Å². The summed E-state index contributed by atoms with van der Waals surface area (Å²) in [5.74, 6) is 0.322. The van der Waals surface area contributed by atoms with Crippen molar-refractivity contribution in [1.82, 2.24) is 20.2 Å². The summed E-state index contributed by atoms with van der Waals surface area (Å²) in [5, 5.41) is 11.6. The Hall–Kier alpha value is -2.53. The molecule has 6 nitrogen and oxygen atoms in total. The number of carbonyl (C=O) groups is 1. The molecular formula is C22H17ClFN5OS3. The first-order chi connectivity index (χ1) is 16.0. The number of aromatic nitrogens is 4. The Morgan fingerprint density at radius 1 is 1.06 bits per heavy atom. The molecule has 0 unspecified atom stereocenters. The highest BCUT2D eigenvalue weighted by Gasteiger charge is 2.17. The first kappa shape index (κ1) is 23.6. The maximum Gasteiger partial charge on any atom is 0.277 e. The van der Waals surface area contributed by atoms with Crippen LogP contribution in [-0.4, -0.2) is 26.1 Å². The summed E-state index contributed by atoms with van der Waals surface area (Å²) in [5.41, 5.74) is 2.99. The molecule has 2 aromatic carbocycles. The van der Waals surface area contributed by atoms with Gasteiger partial charge >= 0.3 is 0 Å². The fourth-order valence-electron chi connectivity index (χ4n) is 2.72. The molecule has 0 aliphatic carbocycles. The molecule has 2 aromatic heterocycles. The predicted octanol–water partition coefficient (Wildman–Crippen LogP) is 6.27. The molecule has 168 valence electrons. The fraction of sp³-hybridized carbons (Fsp3) is 0.136. The zero-order valence-electron chi connectivity index (χ0n) is 17.3. The van der Waals surface area contributed by atoms with Crippen LogP contribution in [0.4, 0.5) is 9.52 Å². The van der Waals surface area contributed by atoms with Crippen LogP contribution in [0, 0.1) is 12.7 Å². The van der Waals surface area contributed by atoms with Gasteiger partial charge in [-0.1, -0.05) is 88.9 Å². The zero-order chi connectivity index (χ0) is 23.2. The number of carbonyl (C=O) groups excluding carboxylic acids is 1. The van der Waals surface area contributed by atoms with Crippen molar-refractivity contribution in [2.45, 2.75) is 27.9 Å². The molecule has 33 heavy (non-hydrogen) atoms. The van der Waals surface area contributed by atoms with Gasteiger partial charge in [-0.15, -0.1) is 10.2 Å². The molecule has 0 aliphatic rings. The van der Waals surface area contributed by atoms with Gasteiger partial charge in [0.1, 0.15) is 5.82 Å². The smallest absolute Gasteiger partial charge is 0.277 e. The molecule has 0 bridgehead atoms. The second-order valence-corrected chi connectivity index (χ2v) is 10.3. The van der Waals surface area contributed by atoms with Crippen molar-refractivity contribution in [2.24, 2.45) is 0 Å². The van der Waals surface area contributed by atoms with Gasteiger partial charge < -0.3 is 0 Å². The number of rotatable bonds is 8. The number of nitrogens with one attached hydrogen (secondary N) is 1. The highest BCUT2D eigenvalue weighted by molar-refractivity contribution is 8.00. The average molecular weight is 518 g/mol. The predicted molar refractivity (Wildman–Crippen MR) is 132 cm³/mol. The molecule has 0 spiro atoms. The van der Waals surface area contributed by atoms with E-state index in [0.717, 1.165) is 0 Å². The molecular weight excluding hydrogens is 501 g/mol. The molecule has 2 heterocycles. The van der Waals surface area contributed by atoms with Crippen LogP contribution >= 0.6 is 46.5 Å². The molecule has 4 aromatic rings. The van der Waals surface area contributed by atoms with Gasteiger partial charge in [-0.3, -0.25) is 10.1 Å². The topological polar surface area (TPSA) is 80.7 Å². The van der Waals surface area contributed by atoms with Crippen LogP contribution in [0.5, 0.6) is 0 Å². The molecule has 1 N–H and O–H groups in total. The van der Waals surface area contributed by atoms with Crippen molar-refractivity contribution in [3.8, 4) is 0 Å². The largest absolute Gasteiger partial charge is 0.295 e. The molecule has 4 rings (SSSR count). The number of hydrogen-bond donors (Lipinski definition) is 1. The van der Waals surface area contributed by atoms with E-state index in [0.29, 0.717) is 31.7 Å². The number of hydrogen-bond acceptors (Lipinski definition) is 8. The third-order valence-corrected chi connectivity index (χ3v) is 7.70. The van der Waals surface area contributed by atoms with Gasteiger partial charge in [-0.2, -0.15) is 0 Å². The molecule has 0 aliphatic heterocycles. The first-order valence-electron chi connectivity index (χ1n) is 9.70. The van der Waals surface area contributed by atoms with E-state index in [1.165, 1.54) is 58.3 Å². The SMILES string of the molecule is Cc1ccccc1CSc1ncc(Cl)c(C(=O)Nc2nnc(SCc3ccccc3F)s2)n1. The van der Waals surface area contributed by atoms with Crippen LogP contribution in [0.25, 0.3) is 0 Å². The average Bonchev–Trinajstić information content (AvgIpc) is 3.26. The minimum Gasteiger partial charge on any atom is -0.295 e. The van der Waals surface area contributed by atoms with Crippen LogP contribution in [-0.2, 0) is 11.5 Å². The highest BCUT2D eigenvalue weighted by Crippen LogP contribution is 2.30. The monoisotopic (exact) mass is 517 g/mol. The number of nitrogens with zero attached hydrogens (tertiary/aromatic N) is 4. The number of halogens is 2. The van der Waals surface area contributed by atoms with Gasteiger partial charge in [0, 0.05) is 11.5 Å². The maximum absolute atomic E-state index is 13.8. The van der Waals surface area contributed by atoms with E-state index < -0.39 is 5.91 Å². The quantitative estimate of drug-likeness (QED) is 0.168. The van der Waals surface area contributed by atoms with Crippen LogP contribution in [0.1, 0.15) is 27.2 Å². The normalized spacial score (nSPS) is 10.9. The Kier molecular flexibility index (Phi) is 7.92. The van der Waals surface area contributed by atoms with E-state index in [2.05, 4.69) is 25.5 Å². The van der Waals surface area contributed by atoms with Gasteiger partial charge in [-0.25, -0.2) is 14.4 Å². The number of amides is 1. The molecule has 1 amide bonds. The summed E-state index contributed by atoms with van der Waals surface area (Å²) in [4.78, 5) is 21.3. The summed E-state index contributed by atoms with van der Waals surface area (Å²) in [7, 11) is 0. The van der Waals surface area contributed by atoms with Gasteiger partial charge in [-0.05, 0) is 29.7 Å². The summed E-state index contributed by atoms with van der Waals surface area (Å²) < 4.78 is 14.4. The molecule has 0 fully saturated rings. The molecule has 11 heteroatoms. The van der Waals surface area contributed by atoms with E-state index in [1.807, 2.05) is 31.2 Å². The lowest BCUT2D eigenvalue weighted by atomic mass is 10.1. The zero-order valence-corrected chi connectivity index (χ0v) is 20.5. The van der Waals surface area contributed by atoms with E-state index in [4.69, 9.17) is 11.6 Å². The Morgan fingerprint density at radius 2 is 1.79 bits per heavy atom. The minimum absolute atomic E-state index is 0.0645. The summed E-state index contributed by atoms with van der Waals surface area (Å²) in [6.07, 6.45) is 1.42. The number of aryl methyl sites for hydroxylation is 1. The maximum atomic E-state index is 13.8. The van der Waals surface area contributed by atoms with Crippen molar-refractivity contribution >= 4 is 57.5 Å². The lowest BCUT2D eigenvalue weighted by Crippen LogP contribution is -2.15. The molecule has 0 atom stereocenters. The van der Waals surface area contributed by atoms with E-state index in [1.54, 1.807) is 18.2 Å².